The minimum atomic E-state index is -0.565. The first-order valence-corrected chi connectivity index (χ1v) is 10.6. The Morgan fingerprint density at radius 3 is 2.43 bits per heavy atom. The molecular weight excluding hydrogens is 383 g/mol. The lowest BCUT2D eigenvalue weighted by Crippen LogP contribution is -2.52. The fourth-order valence-corrected chi connectivity index (χ4v) is 5.24. The first-order valence-electron chi connectivity index (χ1n) is 10.6. The van der Waals surface area contributed by atoms with Crippen LogP contribution in [-0.4, -0.2) is 34.9 Å². The number of anilines is 1. The van der Waals surface area contributed by atoms with Crippen molar-refractivity contribution in [3.63, 3.8) is 0 Å². The van der Waals surface area contributed by atoms with Gasteiger partial charge in [-0.05, 0) is 68.4 Å². The summed E-state index contributed by atoms with van der Waals surface area (Å²) in [6.45, 7) is 0. The third-order valence-electron chi connectivity index (χ3n) is 6.93. The third-order valence-corrected chi connectivity index (χ3v) is 6.93. The maximum Gasteiger partial charge on any atom is 0.250 e. The van der Waals surface area contributed by atoms with Gasteiger partial charge in [0.05, 0.1) is 11.0 Å². The number of nitrogens with one attached hydrogen (secondary N) is 1. The van der Waals surface area contributed by atoms with E-state index in [4.69, 9.17) is 5.73 Å². The number of piperidine rings is 1. The number of fused-ring (bicyclic) bond motifs is 2. The largest absolute Gasteiger partial charge is 0.366 e. The second kappa shape index (κ2) is 7.07. The summed E-state index contributed by atoms with van der Waals surface area (Å²) >= 11 is 0. The molecule has 3 N–H and O–H groups in total. The molecule has 3 atom stereocenters. The number of halogens is 1. The van der Waals surface area contributed by atoms with Gasteiger partial charge in [-0.15, -0.1) is 0 Å². The van der Waals surface area contributed by atoms with Crippen molar-refractivity contribution in [1.29, 1.82) is 0 Å². The number of amides is 2. The smallest absolute Gasteiger partial charge is 0.250 e. The van der Waals surface area contributed by atoms with Gasteiger partial charge in [0.1, 0.15) is 11.6 Å². The first-order chi connectivity index (χ1) is 14.5. The molecule has 1 unspecified atom stereocenters. The highest BCUT2D eigenvalue weighted by Gasteiger charge is 2.52. The first kappa shape index (κ1) is 19.0. The predicted octanol–water partition coefficient (Wildman–Crippen LogP) is 2.67. The summed E-state index contributed by atoms with van der Waals surface area (Å²) in [6.07, 6.45) is 6.91. The van der Waals surface area contributed by atoms with Crippen molar-refractivity contribution >= 4 is 17.6 Å². The van der Waals surface area contributed by atoms with E-state index in [1.165, 1.54) is 18.3 Å². The van der Waals surface area contributed by atoms with Gasteiger partial charge in [-0.25, -0.2) is 9.37 Å². The number of hydrogen-bond donors (Lipinski definition) is 2. The summed E-state index contributed by atoms with van der Waals surface area (Å²) < 4.78 is 13.7. The van der Waals surface area contributed by atoms with Crippen molar-refractivity contribution in [3.05, 3.63) is 59.5 Å². The molecule has 1 aromatic carbocycles. The van der Waals surface area contributed by atoms with E-state index < -0.39 is 11.3 Å². The van der Waals surface area contributed by atoms with Crippen LogP contribution in [0.1, 0.15) is 54.4 Å². The number of pyridine rings is 1. The highest BCUT2D eigenvalue weighted by molar-refractivity contribution is 5.92. The van der Waals surface area contributed by atoms with Crippen molar-refractivity contribution in [3.8, 4) is 0 Å². The van der Waals surface area contributed by atoms with Crippen LogP contribution in [-0.2, 0) is 10.2 Å². The molecule has 3 fully saturated rings. The predicted molar refractivity (Wildman–Crippen MR) is 111 cm³/mol. The fourth-order valence-electron chi connectivity index (χ4n) is 5.24. The Hall–Kier alpha value is -2.96. The van der Waals surface area contributed by atoms with Gasteiger partial charge in [-0.3, -0.25) is 9.59 Å². The van der Waals surface area contributed by atoms with Gasteiger partial charge in [-0.1, -0.05) is 12.1 Å². The molecule has 7 heteroatoms. The van der Waals surface area contributed by atoms with E-state index in [0.29, 0.717) is 17.6 Å². The van der Waals surface area contributed by atoms with Gasteiger partial charge >= 0.3 is 0 Å². The lowest BCUT2D eigenvalue weighted by molar-refractivity contribution is -0.124. The lowest BCUT2D eigenvalue weighted by Gasteiger charge is -2.40. The van der Waals surface area contributed by atoms with Gasteiger partial charge in [0.15, 0.2) is 0 Å². The monoisotopic (exact) mass is 408 g/mol. The van der Waals surface area contributed by atoms with E-state index in [9.17, 15) is 14.0 Å². The standard InChI is InChI=1S/C23H25FN4O2/c24-16-3-1-2-15(10-16)23(8-9-23)22(30)27-17-11-18-5-6-19(12-17)28(18)20-7-4-14(13-26-20)21(25)29/h1-4,7,10,13,17-19H,5-6,8-9,11-12H2,(H2,25,29)(H,27,30)/t17?,18-,19+. The third kappa shape index (κ3) is 3.22. The highest BCUT2D eigenvalue weighted by atomic mass is 19.1. The van der Waals surface area contributed by atoms with Gasteiger partial charge in [0.2, 0.25) is 11.8 Å². The van der Waals surface area contributed by atoms with E-state index in [0.717, 1.165) is 49.9 Å². The number of hydrogen-bond acceptors (Lipinski definition) is 4. The van der Waals surface area contributed by atoms with Gasteiger partial charge < -0.3 is 16.0 Å². The number of aromatic nitrogens is 1. The Kier molecular flexibility index (Phi) is 4.49. The maximum absolute atomic E-state index is 13.7. The average Bonchev–Trinajstić information content (AvgIpc) is 3.50. The Morgan fingerprint density at radius 2 is 1.87 bits per heavy atom. The molecule has 0 spiro atoms. The number of rotatable bonds is 5. The van der Waals surface area contributed by atoms with Crippen molar-refractivity contribution in [2.45, 2.75) is 62.1 Å². The van der Waals surface area contributed by atoms with Crippen molar-refractivity contribution in [2.75, 3.05) is 4.90 Å². The van der Waals surface area contributed by atoms with Crippen LogP contribution in [0.5, 0.6) is 0 Å². The molecule has 2 aromatic rings. The highest BCUT2D eigenvalue weighted by Crippen LogP contribution is 2.49. The molecule has 3 aliphatic rings. The topological polar surface area (TPSA) is 88.3 Å². The van der Waals surface area contributed by atoms with Crippen LogP contribution in [0.2, 0.25) is 0 Å². The van der Waals surface area contributed by atoms with E-state index in [1.807, 2.05) is 12.1 Å². The minimum absolute atomic E-state index is 0.0230. The Balaban J connectivity index is 1.27. The molecule has 1 aromatic heterocycles. The number of nitrogens with two attached hydrogens (primary N) is 1. The van der Waals surface area contributed by atoms with Crippen LogP contribution in [0.15, 0.2) is 42.6 Å². The summed E-state index contributed by atoms with van der Waals surface area (Å²) in [5.74, 6) is 0.101. The van der Waals surface area contributed by atoms with Crippen LogP contribution in [0.3, 0.4) is 0 Å². The van der Waals surface area contributed by atoms with E-state index in [-0.39, 0.29) is 17.8 Å². The molecule has 1 aliphatic carbocycles. The van der Waals surface area contributed by atoms with E-state index in [2.05, 4.69) is 15.2 Å². The zero-order valence-corrected chi connectivity index (χ0v) is 16.7. The Labute approximate surface area is 174 Å². The Bertz CT molecular complexity index is 975. The van der Waals surface area contributed by atoms with E-state index in [1.54, 1.807) is 12.1 Å². The number of primary amides is 1. The zero-order chi connectivity index (χ0) is 20.9. The molecule has 2 aliphatic heterocycles. The van der Waals surface area contributed by atoms with Gasteiger partial charge in [0.25, 0.3) is 0 Å². The van der Waals surface area contributed by atoms with Crippen molar-refractivity contribution < 1.29 is 14.0 Å². The van der Waals surface area contributed by atoms with Gasteiger partial charge in [-0.2, -0.15) is 0 Å². The quantitative estimate of drug-likeness (QED) is 0.796. The summed E-state index contributed by atoms with van der Waals surface area (Å²) in [7, 11) is 0. The molecule has 3 heterocycles. The molecule has 0 radical (unpaired) electrons. The zero-order valence-electron chi connectivity index (χ0n) is 16.7. The normalized spacial score (nSPS) is 26.3. The maximum atomic E-state index is 13.7. The SMILES string of the molecule is NC(=O)c1ccc(N2[C@@H]3CC[C@H]2CC(NC(=O)C2(c4cccc(F)c4)CC2)C3)nc1. The molecule has 2 saturated heterocycles. The van der Waals surface area contributed by atoms with Crippen molar-refractivity contribution in [2.24, 2.45) is 5.73 Å². The van der Waals surface area contributed by atoms with Crippen LogP contribution >= 0.6 is 0 Å². The Morgan fingerprint density at radius 1 is 1.13 bits per heavy atom. The average molecular weight is 408 g/mol. The van der Waals surface area contributed by atoms with Crippen LogP contribution in [0.25, 0.3) is 0 Å². The fraction of sp³-hybridized carbons (Fsp3) is 0.435. The van der Waals surface area contributed by atoms with Crippen LogP contribution in [0, 0.1) is 5.82 Å². The number of benzene rings is 1. The summed E-state index contributed by atoms with van der Waals surface area (Å²) in [5.41, 5.74) is 5.93. The molecule has 6 nitrogen and oxygen atoms in total. The number of carbonyl (C=O) groups excluding carboxylic acids is 2. The molecular formula is C23H25FN4O2. The number of nitrogens with zero attached hydrogens (tertiary/aromatic N) is 2. The molecule has 156 valence electrons. The molecule has 2 amide bonds. The van der Waals surface area contributed by atoms with Crippen molar-refractivity contribution in [1.82, 2.24) is 10.3 Å². The lowest BCUT2D eigenvalue weighted by atomic mass is 9.92. The molecule has 30 heavy (non-hydrogen) atoms. The summed E-state index contributed by atoms with van der Waals surface area (Å²) in [4.78, 5) is 31.2. The van der Waals surface area contributed by atoms with Crippen LogP contribution in [0.4, 0.5) is 10.2 Å². The summed E-state index contributed by atoms with van der Waals surface area (Å²) in [5, 5.41) is 3.27. The van der Waals surface area contributed by atoms with E-state index >= 15 is 0 Å². The van der Waals surface area contributed by atoms with Crippen LogP contribution < -0.4 is 16.0 Å². The number of carbonyl (C=O) groups is 2. The molecule has 5 rings (SSSR count). The second-order valence-electron chi connectivity index (χ2n) is 8.80. The minimum Gasteiger partial charge on any atom is -0.366 e. The summed E-state index contributed by atoms with van der Waals surface area (Å²) in [6, 6.07) is 10.7. The molecule has 2 bridgehead atoms. The van der Waals surface area contributed by atoms with Gasteiger partial charge in [0, 0.05) is 24.3 Å². The second-order valence-corrected chi connectivity index (χ2v) is 8.80. The molecule has 1 saturated carbocycles.